The number of rotatable bonds is 32. The van der Waals surface area contributed by atoms with E-state index in [1.165, 1.54) is 12.1 Å². The highest BCUT2D eigenvalue weighted by Crippen LogP contribution is 2.28. The molecule has 13 N–H and O–H groups in total. The molecule has 1 unspecified atom stereocenters. The number of amides is 7. The number of hydrogen-bond acceptors (Lipinski definition) is 16. The number of aliphatic imine (C=N–C) groups is 1. The fraction of sp³-hybridized carbons (Fsp3) is 0.500. The summed E-state index contributed by atoms with van der Waals surface area (Å²) in [6.07, 6.45) is 1.15. The van der Waals surface area contributed by atoms with Crippen LogP contribution in [0, 0.1) is 0 Å². The first kappa shape index (κ1) is 67.9. The molecule has 28 nitrogen and oxygen atoms in total. The van der Waals surface area contributed by atoms with Crippen LogP contribution in [-0.2, 0) is 44.8 Å². The van der Waals surface area contributed by atoms with Crippen molar-refractivity contribution in [3.63, 3.8) is 0 Å². The number of guanidine groups is 1. The molecule has 28 heteroatoms. The number of nitrogens with two attached hydrogens (primary N) is 1. The van der Waals surface area contributed by atoms with Crippen molar-refractivity contribution in [2.24, 2.45) is 10.7 Å². The monoisotopic (exact) mass is 1180 g/mol. The summed E-state index contributed by atoms with van der Waals surface area (Å²) in [4.78, 5) is 123. The summed E-state index contributed by atoms with van der Waals surface area (Å²) in [5, 5.41) is 57.3. The molecular weight excluding hydrogens is 1090 g/mol. The molecule has 0 spiro atoms. The lowest BCUT2D eigenvalue weighted by Crippen LogP contribution is -2.50. The number of nitrogens with one attached hydrogen (secondary N) is 7. The molecule has 1 aliphatic heterocycles. The van der Waals surface area contributed by atoms with Gasteiger partial charge in [0, 0.05) is 91.5 Å². The maximum Gasteiger partial charge on any atom is 0.407 e. The van der Waals surface area contributed by atoms with Gasteiger partial charge in [0.15, 0.2) is 5.96 Å². The molecule has 7 amide bonds. The molecule has 0 aromatic heterocycles. The third-order valence-electron chi connectivity index (χ3n) is 13.0. The van der Waals surface area contributed by atoms with E-state index in [-0.39, 0.29) is 161 Å². The van der Waals surface area contributed by atoms with Gasteiger partial charge in [-0.05, 0) is 66.6 Å². The lowest BCUT2D eigenvalue weighted by Gasteiger charge is -2.32. The number of carbonyl (C=O) groups excluding carboxylic acids is 6. The predicted molar refractivity (Wildman–Crippen MR) is 308 cm³/mol. The number of urea groups is 1. The maximum atomic E-state index is 14.4. The SMILES string of the molecule is CCC(=O)NCCNC(=O)/N=C(/N)NCCC[C@@H](NC(=O)C(c1ccccc1)c1cccc(OCCCCNC(=O)OCCNC(=O)CN2CCN(CC(=O)O)CCN(CC(=O)O)CCN(CC(=O)O)CC2)c1)C(=O)NCc1ccc(O)cc1. The number of carboxylic acids is 3. The third-order valence-corrected chi connectivity index (χ3v) is 13.0. The van der Waals surface area contributed by atoms with Crippen molar-refractivity contribution >= 4 is 59.6 Å². The van der Waals surface area contributed by atoms with Gasteiger partial charge in [0.05, 0.1) is 45.2 Å². The van der Waals surface area contributed by atoms with E-state index in [2.05, 4.69) is 42.2 Å². The van der Waals surface area contributed by atoms with Crippen LogP contribution in [-0.4, -0.2) is 230 Å². The lowest BCUT2D eigenvalue weighted by molar-refractivity contribution is -0.140. The number of aromatic hydroxyl groups is 1. The predicted octanol–water partition coefficient (Wildman–Crippen LogP) is -0.278. The largest absolute Gasteiger partial charge is 0.508 e. The van der Waals surface area contributed by atoms with E-state index in [1.54, 1.807) is 75.1 Å². The van der Waals surface area contributed by atoms with Crippen molar-refractivity contribution in [2.75, 3.05) is 124 Å². The number of hydrogen-bond donors (Lipinski definition) is 12. The van der Waals surface area contributed by atoms with Gasteiger partial charge in [-0.2, -0.15) is 4.99 Å². The van der Waals surface area contributed by atoms with Crippen LogP contribution >= 0.6 is 0 Å². The number of unbranched alkanes of at least 4 members (excludes halogenated alkanes) is 1. The summed E-state index contributed by atoms with van der Waals surface area (Å²) in [7, 11) is 0. The minimum atomic E-state index is -1.06. The van der Waals surface area contributed by atoms with Crippen LogP contribution in [0.3, 0.4) is 0 Å². The normalized spacial score (nSPS) is 14.7. The molecule has 0 radical (unpaired) electrons. The minimum Gasteiger partial charge on any atom is -0.508 e. The summed E-state index contributed by atoms with van der Waals surface area (Å²) in [5.74, 6) is -5.12. The van der Waals surface area contributed by atoms with Gasteiger partial charge >= 0.3 is 30.0 Å². The van der Waals surface area contributed by atoms with Gasteiger partial charge in [0.25, 0.3) is 0 Å². The number of carboxylic acid groups (broad SMARTS) is 3. The standard InChI is InChI=1S/C56H81N13O15/c1-2-46(71)58-21-22-61-55(81)65-54(57)60-20-9-14-45(52(79)63-35-40-15-17-43(70)18-16-40)64-53(80)51(41-10-4-3-5-11-41)42-12-8-13-44(34-42)83-32-7-6-19-62-56(82)84-33-23-59-47(72)36-66-24-26-67(37-48(73)74)28-30-69(39-50(77)78)31-29-68(27-25-66)38-49(75)76/h3-5,8,10-13,15-18,34,45,51,70H,2,6-7,9,14,19-33,35-39H2,1H3,(H,58,71)(H,59,72)(H,62,82)(H,63,79)(H,64,80)(H,73,74)(H,75,76)(H,77,78)(H4,57,60,61,65,81)/t45-,51?/m1/s1. The first-order valence-corrected chi connectivity index (χ1v) is 27.9. The molecule has 1 heterocycles. The van der Waals surface area contributed by atoms with Gasteiger partial charge < -0.3 is 72.9 Å². The molecule has 1 aliphatic rings. The first-order valence-electron chi connectivity index (χ1n) is 27.9. The van der Waals surface area contributed by atoms with E-state index in [1.807, 2.05) is 18.2 Å². The zero-order chi connectivity index (χ0) is 61.1. The number of nitrogens with zero attached hydrogens (tertiary/aromatic N) is 5. The van der Waals surface area contributed by atoms with Crippen LogP contribution in [0.15, 0.2) is 83.9 Å². The summed E-state index contributed by atoms with van der Waals surface area (Å²) in [5.41, 5.74) is 7.90. The first-order chi connectivity index (χ1) is 40.4. The Hall–Kier alpha value is -8.60. The number of phenolic OH excluding ortho intramolecular Hbond substituents is 1. The third kappa shape index (κ3) is 28.4. The number of benzene rings is 3. The minimum absolute atomic E-state index is 0.00622. The quantitative estimate of drug-likeness (QED) is 0.0217. The molecule has 460 valence electrons. The topological polar surface area (TPSA) is 389 Å². The molecule has 3 aromatic rings. The zero-order valence-corrected chi connectivity index (χ0v) is 47.4. The van der Waals surface area contributed by atoms with Gasteiger partial charge in [0.1, 0.15) is 24.1 Å². The van der Waals surface area contributed by atoms with Gasteiger partial charge in [-0.15, -0.1) is 0 Å². The van der Waals surface area contributed by atoms with E-state index >= 15 is 0 Å². The molecule has 0 bridgehead atoms. The maximum absolute atomic E-state index is 14.4. The Morgan fingerprint density at radius 1 is 0.571 bits per heavy atom. The van der Waals surface area contributed by atoms with Crippen molar-refractivity contribution < 1.29 is 73.1 Å². The Bertz CT molecular complexity index is 2580. The number of ether oxygens (including phenoxy) is 2. The van der Waals surface area contributed by atoms with Crippen LogP contribution < -0.4 is 47.7 Å². The van der Waals surface area contributed by atoms with Crippen LogP contribution in [0.1, 0.15) is 61.6 Å². The van der Waals surface area contributed by atoms with Gasteiger partial charge in [-0.1, -0.05) is 61.5 Å². The van der Waals surface area contributed by atoms with E-state index in [0.717, 1.165) is 5.56 Å². The molecule has 0 saturated carbocycles. The number of aliphatic carboxylic acids is 3. The van der Waals surface area contributed by atoms with Crippen molar-refractivity contribution in [3.05, 3.63) is 95.6 Å². The molecule has 2 atom stereocenters. The lowest BCUT2D eigenvalue weighted by atomic mass is 9.90. The Kier molecular flexibility index (Phi) is 30.9. The second-order valence-corrected chi connectivity index (χ2v) is 19.6. The number of phenols is 1. The number of alkyl carbamates (subject to hydrolysis) is 1. The van der Waals surface area contributed by atoms with E-state index in [9.17, 15) is 63.6 Å². The average molecular weight is 1180 g/mol. The van der Waals surface area contributed by atoms with Crippen molar-refractivity contribution in [2.45, 2.75) is 57.5 Å². The highest BCUT2D eigenvalue weighted by molar-refractivity contribution is 5.93. The fourth-order valence-corrected chi connectivity index (χ4v) is 8.62. The van der Waals surface area contributed by atoms with Crippen molar-refractivity contribution in [3.8, 4) is 11.5 Å². The smallest absolute Gasteiger partial charge is 0.407 e. The molecule has 1 fully saturated rings. The Morgan fingerprint density at radius 2 is 1.13 bits per heavy atom. The van der Waals surface area contributed by atoms with Crippen LogP contribution in [0.4, 0.5) is 9.59 Å². The molecule has 3 aromatic carbocycles. The van der Waals surface area contributed by atoms with Crippen LogP contribution in [0.2, 0.25) is 0 Å². The molecule has 84 heavy (non-hydrogen) atoms. The zero-order valence-electron chi connectivity index (χ0n) is 47.4. The second kappa shape index (κ2) is 38.2. The van der Waals surface area contributed by atoms with Gasteiger partial charge in [-0.3, -0.25) is 53.2 Å². The molecule has 0 aliphatic carbocycles. The van der Waals surface area contributed by atoms with E-state index in [4.69, 9.17) is 15.2 Å². The molecular formula is C56H81N13O15. The molecule has 1 saturated heterocycles. The van der Waals surface area contributed by atoms with Gasteiger partial charge in [0.2, 0.25) is 23.6 Å². The van der Waals surface area contributed by atoms with E-state index < -0.39 is 53.8 Å². The highest BCUT2D eigenvalue weighted by atomic mass is 16.5. The van der Waals surface area contributed by atoms with Crippen molar-refractivity contribution in [1.29, 1.82) is 0 Å². The van der Waals surface area contributed by atoms with Crippen LogP contribution in [0.25, 0.3) is 0 Å². The second-order valence-electron chi connectivity index (χ2n) is 19.6. The average Bonchev–Trinajstić information content (AvgIpc) is 3.66. The summed E-state index contributed by atoms with van der Waals surface area (Å²) in [6.45, 7) is 3.87. The summed E-state index contributed by atoms with van der Waals surface area (Å²) < 4.78 is 11.3. The Labute approximate surface area is 487 Å². The van der Waals surface area contributed by atoms with Crippen molar-refractivity contribution in [1.82, 2.24) is 56.8 Å². The van der Waals surface area contributed by atoms with Gasteiger partial charge in [-0.25, -0.2) is 9.59 Å². The fourth-order valence-electron chi connectivity index (χ4n) is 8.62. The van der Waals surface area contributed by atoms with Crippen LogP contribution in [0.5, 0.6) is 11.5 Å². The Morgan fingerprint density at radius 3 is 1.73 bits per heavy atom. The highest BCUT2D eigenvalue weighted by Gasteiger charge is 2.29. The number of carbonyl (C=O) groups is 9. The summed E-state index contributed by atoms with van der Waals surface area (Å²) in [6, 6.07) is 20.7. The Balaban J connectivity index is 1.25. The molecule has 4 rings (SSSR count). The summed E-state index contributed by atoms with van der Waals surface area (Å²) >= 11 is 0. The van der Waals surface area contributed by atoms with E-state index in [0.29, 0.717) is 42.6 Å².